The minimum absolute atomic E-state index is 0.0298. The van der Waals surface area contributed by atoms with E-state index in [1.54, 1.807) is 7.11 Å². The van der Waals surface area contributed by atoms with E-state index >= 15 is 0 Å². The second-order valence-corrected chi connectivity index (χ2v) is 8.61. The lowest BCUT2D eigenvalue weighted by Crippen LogP contribution is -2.37. The number of carbonyl (C=O) groups is 1. The van der Waals surface area contributed by atoms with Crippen molar-refractivity contribution in [3.05, 3.63) is 53.6 Å². The summed E-state index contributed by atoms with van der Waals surface area (Å²) in [6.45, 7) is 6.16. The molecule has 1 atom stereocenters. The predicted molar refractivity (Wildman–Crippen MR) is 122 cm³/mol. The molecule has 0 saturated heterocycles. The Labute approximate surface area is 186 Å². The summed E-state index contributed by atoms with van der Waals surface area (Å²) < 4.78 is 7.18. The number of carbonyl (C=O) groups excluding carboxylic acids is 1. The molecule has 0 aliphatic carbocycles. The van der Waals surface area contributed by atoms with Crippen LogP contribution in [0.2, 0.25) is 5.02 Å². The highest BCUT2D eigenvalue weighted by atomic mass is 35.5. The molecule has 1 N–H and O–H groups in total. The number of benzene rings is 2. The van der Waals surface area contributed by atoms with Gasteiger partial charge in [0.1, 0.15) is 5.75 Å². The maximum atomic E-state index is 12.4. The third-order valence-corrected chi connectivity index (χ3v) is 5.97. The van der Waals surface area contributed by atoms with Crippen molar-refractivity contribution in [3.63, 3.8) is 0 Å². The van der Waals surface area contributed by atoms with Gasteiger partial charge in [-0.15, -0.1) is 10.2 Å². The van der Waals surface area contributed by atoms with Crippen LogP contribution in [-0.2, 0) is 4.79 Å². The van der Waals surface area contributed by atoms with Crippen LogP contribution < -0.4 is 10.1 Å². The molecular weight excluding hydrogens is 420 g/mol. The van der Waals surface area contributed by atoms with Gasteiger partial charge in [-0.2, -0.15) is 0 Å². The van der Waals surface area contributed by atoms with Gasteiger partial charge in [0.2, 0.25) is 5.91 Å². The molecule has 3 rings (SSSR count). The average Bonchev–Trinajstić information content (AvgIpc) is 3.16. The zero-order valence-corrected chi connectivity index (χ0v) is 19.0. The molecule has 0 aliphatic heterocycles. The lowest BCUT2D eigenvalue weighted by molar-refractivity contribution is -0.119. The van der Waals surface area contributed by atoms with E-state index in [-0.39, 0.29) is 17.7 Å². The Hall–Kier alpha value is -2.51. The van der Waals surface area contributed by atoms with Crippen molar-refractivity contribution >= 4 is 29.3 Å². The number of hydrogen-bond acceptors (Lipinski definition) is 5. The number of nitrogens with zero attached hydrogens (tertiary/aromatic N) is 3. The van der Waals surface area contributed by atoms with Crippen LogP contribution in [-0.4, -0.2) is 39.6 Å². The van der Waals surface area contributed by atoms with Crippen molar-refractivity contribution in [3.8, 4) is 22.8 Å². The van der Waals surface area contributed by atoms with Gasteiger partial charge in [-0.05, 0) is 61.4 Å². The summed E-state index contributed by atoms with van der Waals surface area (Å²) in [5, 5.41) is 13.0. The summed E-state index contributed by atoms with van der Waals surface area (Å²) >= 11 is 7.42. The fourth-order valence-corrected chi connectivity index (χ4v) is 3.59. The topological polar surface area (TPSA) is 69.0 Å². The Kier molecular flexibility index (Phi) is 7.39. The highest BCUT2D eigenvalue weighted by molar-refractivity contribution is 7.99. The zero-order chi connectivity index (χ0) is 21.7. The normalized spacial score (nSPS) is 12.1. The molecule has 0 spiro atoms. The van der Waals surface area contributed by atoms with Crippen molar-refractivity contribution in [1.29, 1.82) is 0 Å². The molecule has 0 bridgehead atoms. The molecule has 158 valence electrons. The van der Waals surface area contributed by atoms with Crippen LogP contribution in [0.25, 0.3) is 17.1 Å². The minimum Gasteiger partial charge on any atom is -0.497 e. The molecule has 2 aromatic carbocycles. The molecule has 0 fully saturated rings. The first-order valence-electron chi connectivity index (χ1n) is 9.67. The van der Waals surface area contributed by atoms with Crippen molar-refractivity contribution < 1.29 is 9.53 Å². The number of halogens is 1. The molecule has 0 saturated carbocycles. The predicted octanol–water partition coefficient (Wildman–Crippen LogP) is 4.85. The fraction of sp³-hybridized carbons (Fsp3) is 0.318. The molecule has 1 aromatic heterocycles. The summed E-state index contributed by atoms with van der Waals surface area (Å²) in [6, 6.07) is 15.2. The highest BCUT2D eigenvalue weighted by Gasteiger charge is 2.18. The fourth-order valence-electron chi connectivity index (χ4n) is 2.71. The number of methoxy groups -OCH3 is 1. The van der Waals surface area contributed by atoms with E-state index in [1.807, 2.05) is 60.0 Å². The van der Waals surface area contributed by atoms with Gasteiger partial charge in [-0.25, -0.2) is 0 Å². The van der Waals surface area contributed by atoms with Crippen LogP contribution in [0, 0.1) is 5.92 Å². The van der Waals surface area contributed by atoms with E-state index in [0.717, 1.165) is 17.0 Å². The van der Waals surface area contributed by atoms with E-state index in [9.17, 15) is 4.79 Å². The van der Waals surface area contributed by atoms with Crippen LogP contribution in [0.1, 0.15) is 20.8 Å². The monoisotopic (exact) mass is 444 g/mol. The quantitative estimate of drug-likeness (QED) is 0.503. The first-order chi connectivity index (χ1) is 14.4. The number of nitrogens with one attached hydrogen (secondary N) is 1. The van der Waals surface area contributed by atoms with Gasteiger partial charge in [-0.3, -0.25) is 9.36 Å². The summed E-state index contributed by atoms with van der Waals surface area (Å²) in [6.07, 6.45) is 0. The molecule has 30 heavy (non-hydrogen) atoms. The first-order valence-corrected chi connectivity index (χ1v) is 11.0. The second-order valence-electron chi connectivity index (χ2n) is 7.24. The molecule has 0 aliphatic rings. The van der Waals surface area contributed by atoms with E-state index in [2.05, 4.69) is 29.4 Å². The molecular formula is C22H25ClN4O2S. The number of rotatable bonds is 8. The largest absolute Gasteiger partial charge is 0.497 e. The molecule has 1 heterocycles. The second kappa shape index (κ2) is 10.00. The summed E-state index contributed by atoms with van der Waals surface area (Å²) in [7, 11) is 1.63. The number of thioether (sulfide) groups is 1. The van der Waals surface area contributed by atoms with E-state index < -0.39 is 0 Å². The Morgan fingerprint density at radius 2 is 1.77 bits per heavy atom. The Morgan fingerprint density at radius 3 is 2.37 bits per heavy atom. The maximum Gasteiger partial charge on any atom is 0.230 e. The summed E-state index contributed by atoms with van der Waals surface area (Å²) in [4.78, 5) is 12.4. The van der Waals surface area contributed by atoms with Gasteiger partial charge in [0, 0.05) is 22.3 Å². The standard InChI is InChI=1S/C22H25ClN4O2S/c1-14(2)15(3)24-20(28)13-30-22-26-25-21(16-5-11-19(29-4)12-6-16)27(22)18-9-7-17(23)8-10-18/h5-12,14-15H,13H2,1-4H3,(H,24,28). The highest BCUT2D eigenvalue weighted by Crippen LogP contribution is 2.29. The Bertz CT molecular complexity index is 987. The van der Waals surface area contributed by atoms with Gasteiger partial charge in [0.25, 0.3) is 0 Å². The van der Waals surface area contributed by atoms with Crippen molar-refractivity contribution in [2.45, 2.75) is 32.0 Å². The SMILES string of the molecule is COc1ccc(-c2nnc(SCC(=O)NC(C)C(C)C)n2-c2ccc(Cl)cc2)cc1. The molecule has 6 nitrogen and oxygen atoms in total. The van der Waals surface area contributed by atoms with Gasteiger partial charge in [-0.1, -0.05) is 37.2 Å². The summed E-state index contributed by atoms with van der Waals surface area (Å²) in [5.74, 6) is 2.04. The average molecular weight is 445 g/mol. The maximum absolute atomic E-state index is 12.4. The number of aromatic nitrogens is 3. The third kappa shape index (κ3) is 5.34. The lowest BCUT2D eigenvalue weighted by Gasteiger charge is -2.17. The van der Waals surface area contributed by atoms with Crippen LogP contribution in [0.5, 0.6) is 5.75 Å². The van der Waals surface area contributed by atoms with E-state index in [0.29, 0.717) is 21.9 Å². The number of amides is 1. The summed E-state index contributed by atoms with van der Waals surface area (Å²) in [5.41, 5.74) is 1.76. The number of hydrogen-bond donors (Lipinski definition) is 1. The first kappa shape index (κ1) is 22.2. The molecule has 0 radical (unpaired) electrons. The zero-order valence-electron chi connectivity index (χ0n) is 17.4. The van der Waals surface area contributed by atoms with Crippen LogP contribution >= 0.6 is 23.4 Å². The van der Waals surface area contributed by atoms with Crippen LogP contribution in [0.15, 0.2) is 53.7 Å². The molecule has 1 amide bonds. The van der Waals surface area contributed by atoms with Gasteiger partial charge in [0.05, 0.1) is 12.9 Å². The van der Waals surface area contributed by atoms with Gasteiger partial charge >= 0.3 is 0 Å². The number of ether oxygens (including phenoxy) is 1. The minimum atomic E-state index is -0.0298. The smallest absolute Gasteiger partial charge is 0.230 e. The Morgan fingerprint density at radius 1 is 1.10 bits per heavy atom. The Balaban J connectivity index is 1.90. The van der Waals surface area contributed by atoms with Crippen molar-refractivity contribution in [1.82, 2.24) is 20.1 Å². The van der Waals surface area contributed by atoms with Crippen LogP contribution in [0.4, 0.5) is 0 Å². The van der Waals surface area contributed by atoms with Crippen molar-refractivity contribution in [2.75, 3.05) is 12.9 Å². The van der Waals surface area contributed by atoms with Crippen molar-refractivity contribution in [2.24, 2.45) is 5.92 Å². The lowest BCUT2D eigenvalue weighted by atomic mass is 10.1. The van der Waals surface area contributed by atoms with Gasteiger partial charge < -0.3 is 10.1 Å². The molecule has 1 unspecified atom stereocenters. The van der Waals surface area contributed by atoms with E-state index in [1.165, 1.54) is 11.8 Å². The molecule has 3 aromatic rings. The third-order valence-electron chi connectivity index (χ3n) is 4.79. The molecule has 8 heteroatoms. The van der Waals surface area contributed by atoms with E-state index in [4.69, 9.17) is 16.3 Å². The van der Waals surface area contributed by atoms with Gasteiger partial charge in [0.15, 0.2) is 11.0 Å². The van der Waals surface area contributed by atoms with Crippen LogP contribution in [0.3, 0.4) is 0 Å².